The second kappa shape index (κ2) is 2.70. The molecule has 68 valence electrons. The zero-order valence-corrected chi connectivity index (χ0v) is 7.87. The van der Waals surface area contributed by atoms with E-state index in [4.69, 9.17) is 0 Å². The maximum Gasteiger partial charge on any atom is 0.151 e. The van der Waals surface area contributed by atoms with E-state index in [1.807, 2.05) is 19.9 Å². The van der Waals surface area contributed by atoms with E-state index in [2.05, 4.69) is 6.08 Å². The van der Waals surface area contributed by atoms with Crippen LogP contribution in [-0.4, -0.2) is 17.0 Å². The number of carbonyl (C=O) groups excluding carboxylic acids is 1. The minimum atomic E-state index is -1.19. The topological polar surface area (TPSA) is 37.3 Å². The second-order valence-corrected chi connectivity index (χ2v) is 4.36. The van der Waals surface area contributed by atoms with Gasteiger partial charge in [-0.05, 0) is 18.8 Å². The van der Waals surface area contributed by atoms with Crippen LogP contribution >= 0.6 is 0 Å². The summed E-state index contributed by atoms with van der Waals surface area (Å²) in [7, 11) is 0. The summed E-state index contributed by atoms with van der Waals surface area (Å²) in [6.45, 7) is 5.66. The normalized spacial score (nSPS) is 31.5. The smallest absolute Gasteiger partial charge is 0.151 e. The second-order valence-electron chi connectivity index (χ2n) is 4.36. The highest BCUT2D eigenvalue weighted by atomic mass is 16.3. The molecular formula is C10H16O2. The van der Waals surface area contributed by atoms with Crippen molar-refractivity contribution in [2.24, 2.45) is 11.3 Å². The number of hydrogen-bond donors (Lipinski definition) is 1. The monoisotopic (exact) mass is 168 g/mol. The van der Waals surface area contributed by atoms with Crippen LogP contribution in [0.4, 0.5) is 0 Å². The summed E-state index contributed by atoms with van der Waals surface area (Å²) >= 11 is 0. The summed E-state index contributed by atoms with van der Waals surface area (Å²) in [6, 6.07) is 0. The van der Waals surface area contributed by atoms with Gasteiger partial charge in [-0.15, -0.1) is 0 Å². The summed E-state index contributed by atoms with van der Waals surface area (Å²) in [5.41, 5.74) is -1.25. The lowest BCUT2D eigenvalue weighted by Gasteiger charge is -2.34. The summed E-state index contributed by atoms with van der Waals surface area (Å²) in [5, 5.41) is 9.75. The highest BCUT2D eigenvalue weighted by molar-refractivity contribution is 5.62. The van der Waals surface area contributed by atoms with Crippen molar-refractivity contribution in [3.63, 3.8) is 0 Å². The van der Waals surface area contributed by atoms with Gasteiger partial charge in [-0.3, -0.25) is 0 Å². The van der Waals surface area contributed by atoms with E-state index >= 15 is 0 Å². The average molecular weight is 168 g/mol. The van der Waals surface area contributed by atoms with Gasteiger partial charge >= 0.3 is 0 Å². The van der Waals surface area contributed by atoms with Crippen LogP contribution in [0.15, 0.2) is 12.2 Å². The molecular weight excluding hydrogens is 152 g/mol. The van der Waals surface area contributed by atoms with Crippen molar-refractivity contribution in [1.29, 1.82) is 0 Å². The van der Waals surface area contributed by atoms with Gasteiger partial charge in [-0.25, -0.2) is 0 Å². The van der Waals surface area contributed by atoms with Gasteiger partial charge in [0.05, 0.1) is 0 Å². The zero-order valence-electron chi connectivity index (χ0n) is 7.87. The fourth-order valence-electron chi connectivity index (χ4n) is 2.00. The molecule has 12 heavy (non-hydrogen) atoms. The third-order valence-electron chi connectivity index (χ3n) is 2.76. The predicted molar refractivity (Wildman–Crippen MR) is 47.7 cm³/mol. The number of aldehydes is 1. The number of rotatable bonds is 2. The molecule has 0 aromatic heterocycles. The molecule has 2 nitrogen and oxygen atoms in total. The van der Waals surface area contributed by atoms with Crippen LogP contribution in [0, 0.1) is 11.3 Å². The molecule has 0 aromatic rings. The Morgan fingerprint density at radius 1 is 1.67 bits per heavy atom. The Kier molecular flexibility index (Phi) is 2.13. The van der Waals surface area contributed by atoms with E-state index in [1.165, 1.54) is 0 Å². The van der Waals surface area contributed by atoms with Gasteiger partial charge in [0.1, 0.15) is 5.60 Å². The van der Waals surface area contributed by atoms with Crippen LogP contribution in [0.1, 0.15) is 27.2 Å². The zero-order chi connectivity index (χ0) is 9.41. The third kappa shape index (κ3) is 1.44. The molecule has 1 N–H and O–H groups in total. The molecule has 1 rings (SSSR count). The largest absolute Gasteiger partial charge is 0.382 e. The maximum atomic E-state index is 10.6. The SMILES string of the molecule is CC1(C)C=CC[C@H]1[C@@](C)(O)C=O. The maximum absolute atomic E-state index is 10.6. The molecule has 2 heteroatoms. The lowest BCUT2D eigenvalue weighted by molar-refractivity contribution is -0.130. The highest BCUT2D eigenvalue weighted by Gasteiger charge is 2.42. The molecule has 0 aliphatic heterocycles. The number of aliphatic hydroxyl groups is 1. The molecule has 0 heterocycles. The quantitative estimate of drug-likeness (QED) is 0.501. The molecule has 0 saturated carbocycles. The Morgan fingerprint density at radius 3 is 2.58 bits per heavy atom. The molecule has 0 spiro atoms. The standard InChI is InChI=1S/C10H16O2/c1-9(2)6-4-5-8(9)10(3,12)7-11/h4,6-8,12H,5H2,1-3H3/t8-,10+/m1/s1. The first-order valence-electron chi connectivity index (χ1n) is 4.26. The van der Waals surface area contributed by atoms with E-state index in [0.29, 0.717) is 6.29 Å². The fourth-order valence-corrected chi connectivity index (χ4v) is 2.00. The molecule has 0 radical (unpaired) electrons. The summed E-state index contributed by atoms with van der Waals surface area (Å²) < 4.78 is 0. The van der Waals surface area contributed by atoms with E-state index in [0.717, 1.165) is 6.42 Å². The Bertz CT molecular complexity index is 214. The fraction of sp³-hybridized carbons (Fsp3) is 0.700. The summed E-state index contributed by atoms with van der Waals surface area (Å²) in [4.78, 5) is 10.6. The lowest BCUT2D eigenvalue weighted by Crippen LogP contribution is -2.41. The van der Waals surface area contributed by atoms with Gasteiger partial charge in [0.25, 0.3) is 0 Å². The Balaban J connectivity index is 2.85. The van der Waals surface area contributed by atoms with Crippen molar-refractivity contribution in [1.82, 2.24) is 0 Å². The molecule has 0 aromatic carbocycles. The minimum absolute atomic E-state index is 0.0162. The molecule has 0 amide bonds. The van der Waals surface area contributed by atoms with E-state index < -0.39 is 5.60 Å². The van der Waals surface area contributed by atoms with Gasteiger partial charge in [0.2, 0.25) is 0 Å². The van der Waals surface area contributed by atoms with Crippen molar-refractivity contribution in [2.75, 3.05) is 0 Å². The van der Waals surface area contributed by atoms with E-state index in [-0.39, 0.29) is 11.3 Å². The molecule has 0 saturated heterocycles. The molecule has 1 aliphatic carbocycles. The lowest BCUT2D eigenvalue weighted by atomic mass is 9.73. The first-order chi connectivity index (χ1) is 5.40. The van der Waals surface area contributed by atoms with Crippen molar-refractivity contribution < 1.29 is 9.90 Å². The van der Waals surface area contributed by atoms with Crippen LogP contribution in [0.3, 0.4) is 0 Å². The number of carbonyl (C=O) groups is 1. The number of allylic oxidation sites excluding steroid dienone is 2. The van der Waals surface area contributed by atoms with Gasteiger partial charge in [-0.2, -0.15) is 0 Å². The first kappa shape index (κ1) is 9.46. The van der Waals surface area contributed by atoms with Crippen molar-refractivity contribution >= 4 is 6.29 Å². The summed E-state index contributed by atoms with van der Waals surface area (Å²) in [5.74, 6) is 0.0162. The third-order valence-corrected chi connectivity index (χ3v) is 2.76. The Hall–Kier alpha value is -0.630. The van der Waals surface area contributed by atoms with Gasteiger partial charge < -0.3 is 9.90 Å². The number of hydrogen-bond acceptors (Lipinski definition) is 2. The van der Waals surface area contributed by atoms with E-state index in [1.54, 1.807) is 6.92 Å². The summed E-state index contributed by atoms with van der Waals surface area (Å²) in [6.07, 6.45) is 5.53. The molecule has 2 atom stereocenters. The minimum Gasteiger partial charge on any atom is -0.382 e. The first-order valence-corrected chi connectivity index (χ1v) is 4.26. The van der Waals surface area contributed by atoms with Crippen LogP contribution in [0.25, 0.3) is 0 Å². The van der Waals surface area contributed by atoms with Gasteiger partial charge in [0.15, 0.2) is 6.29 Å². The molecule has 0 bridgehead atoms. The van der Waals surface area contributed by atoms with Gasteiger partial charge in [0, 0.05) is 5.92 Å². The van der Waals surface area contributed by atoms with Crippen LogP contribution in [0.2, 0.25) is 0 Å². The van der Waals surface area contributed by atoms with Crippen molar-refractivity contribution in [3.05, 3.63) is 12.2 Å². The van der Waals surface area contributed by atoms with Crippen molar-refractivity contribution in [3.8, 4) is 0 Å². The van der Waals surface area contributed by atoms with Crippen LogP contribution in [-0.2, 0) is 4.79 Å². The Morgan fingerprint density at radius 2 is 2.25 bits per heavy atom. The molecule has 0 fully saturated rings. The predicted octanol–water partition coefficient (Wildman–Crippen LogP) is 1.54. The Labute approximate surface area is 73.3 Å². The highest BCUT2D eigenvalue weighted by Crippen LogP contribution is 2.42. The molecule has 1 aliphatic rings. The van der Waals surface area contributed by atoms with Crippen LogP contribution < -0.4 is 0 Å². The van der Waals surface area contributed by atoms with Crippen LogP contribution in [0.5, 0.6) is 0 Å². The molecule has 0 unspecified atom stereocenters. The van der Waals surface area contributed by atoms with Crippen molar-refractivity contribution in [2.45, 2.75) is 32.8 Å². The van der Waals surface area contributed by atoms with E-state index in [9.17, 15) is 9.90 Å². The van der Waals surface area contributed by atoms with Gasteiger partial charge in [-0.1, -0.05) is 26.0 Å². The average Bonchev–Trinajstić information content (AvgIpc) is 2.30.